The van der Waals surface area contributed by atoms with Crippen LogP contribution in [0.4, 0.5) is 13.2 Å². The Morgan fingerprint density at radius 1 is 1.03 bits per heavy atom. The van der Waals surface area contributed by atoms with Crippen molar-refractivity contribution in [1.82, 2.24) is 19.7 Å². The molecule has 0 amide bonds. The smallest absolute Gasteiger partial charge is 0.422 e. The minimum atomic E-state index is -4.38. The van der Waals surface area contributed by atoms with Gasteiger partial charge in [-0.2, -0.15) is 18.2 Å². The Morgan fingerprint density at radius 2 is 1.81 bits per heavy atom. The maximum Gasteiger partial charge on any atom is 0.422 e. The van der Waals surface area contributed by atoms with Crippen molar-refractivity contribution in [2.75, 3.05) is 6.61 Å². The Morgan fingerprint density at radius 3 is 2.48 bits per heavy atom. The number of pyridine rings is 1. The summed E-state index contributed by atoms with van der Waals surface area (Å²) in [5.74, 6) is 0.810. The van der Waals surface area contributed by atoms with Gasteiger partial charge in [0.1, 0.15) is 5.75 Å². The molecule has 0 aliphatic rings. The number of benzene rings is 1. The van der Waals surface area contributed by atoms with Crippen molar-refractivity contribution in [1.29, 1.82) is 0 Å². The molecule has 3 aromatic heterocycles. The van der Waals surface area contributed by atoms with Gasteiger partial charge in [0.05, 0.1) is 5.56 Å². The lowest BCUT2D eigenvalue weighted by molar-refractivity contribution is -0.153. The van der Waals surface area contributed by atoms with Crippen molar-refractivity contribution in [2.24, 2.45) is 0 Å². The number of aryl methyl sites for hydroxylation is 2. The van der Waals surface area contributed by atoms with Crippen molar-refractivity contribution in [3.63, 3.8) is 0 Å². The van der Waals surface area contributed by atoms with E-state index in [4.69, 9.17) is 9.26 Å². The van der Waals surface area contributed by atoms with Gasteiger partial charge in [0.15, 0.2) is 6.61 Å². The van der Waals surface area contributed by atoms with Gasteiger partial charge in [-0.1, -0.05) is 11.2 Å². The molecule has 0 unspecified atom stereocenters. The molecule has 0 bridgehead atoms. The van der Waals surface area contributed by atoms with Gasteiger partial charge in [0, 0.05) is 35.9 Å². The lowest BCUT2D eigenvalue weighted by atomic mass is 10.2. The fourth-order valence-corrected chi connectivity index (χ4v) is 3.01. The molecule has 0 aliphatic heterocycles. The van der Waals surface area contributed by atoms with Gasteiger partial charge in [-0.3, -0.25) is 4.98 Å². The van der Waals surface area contributed by atoms with Crippen LogP contribution in [0.25, 0.3) is 22.8 Å². The molecule has 0 radical (unpaired) electrons. The van der Waals surface area contributed by atoms with Gasteiger partial charge in [-0.15, -0.1) is 0 Å². The maximum atomic E-state index is 12.3. The van der Waals surface area contributed by atoms with Crippen LogP contribution in [-0.4, -0.2) is 32.5 Å². The molecular formula is C22H19F3N4O2. The van der Waals surface area contributed by atoms with Crippen molar-refractivity contribution in [3.05, 3.63) is 71.8 Å². The predicted molar refractivity (Wildman–Crippen MR) is 108 cm³/mol. The van der Waals surface area contributed by atoms with Crippen molar-refractivity contribution < 1.29 is 22.4 Å². The molecule has 1 aromatic carbocycles. The molecule has 4 rings (SSSR count). The fraction of sp³-hybridized carbons (Fsp3) is 0.227. The van der Waals surface area contributed by atoms with E-state index in [-0.39, 0.29) is 5.75 Å². The summed E-state index contributed by atoms with van der Waals surface area (Å²) in [6, 6.07) is 12.0. The number of hydrogen-bond acceptors (Lipinski definition) is 5. The van der Waals surface area contributed by atoms with E-state index in [1.807, 2.05) is 44.4 Å². The first-order valence-corrected chi connectivity index (χ1v) is 9.49. The normalized spacial score (nSPS) is 11.6. The van der Waals surface area contributed by atoms with Crippen LogP contribution in [0, 0.1) is 13.8 Å². The summed E-state index contributed by atoms with van der Waals surface area (Å²) in [6.07, 6.45) is -0.604. The van der Waals surface area contributed by atoms with Gasteiger partial charge in [0.2, 0.25) is 5.82 Å². The zero-order valence-electron chi connectivity index (χ0n) is 16.8. The first-order chi connectivity index (χ1) is 14.8. The number of hydrogen-bond donors (Lipinski definition) is 0. The van der Waals surface area contributed by atoms with Crippen LogP contribution >= 0.6 is 0 Å². The largest absolute Gasteiger partial charge is 0.484 e. The van der Waals surface area contributed by atoms with Gasteiger partial charge < -0.3 is 13.8 Å². The van der Waals surface area contributed by atoms with Crippen LogP contribution in [0.1, 0.15) is 17.0 Å². The van der Waals surface area contributed by atoms with E-state index in [2.05, 4.69) is 19.7 Å². The van der Waals surface area contributed by atoms with E-state index < -0.39 is 12.8 Å². The van der Waals surface area contributed by atoms with Gasteiger partial charge in [0.25, 0.3) is 5.89 Å². The van der Waals surface area contributed by atoms with E-state index in [1.165, 1.54) is 12.1 Å². The minimum absolute atomic E-state index is 0.114. The molecule has 0 atom stereocenters. The highest BCUT2D eigenvalue weighted by molar-refractivity contribution is 5.60. The van der Waals surface area contributed by atoms with E-state index >= 15 is 0 Å². The van der Waals surface area contributed by atoms with E-state index in [9.17, 15) is 13.2 Å². The highest BCUT2D eigenvalue weighted by atomic mass is 19.4. The SMILES string of the molecule is Cc1ccc(Cn2cc(-c3nc(-c4ccc(OCC(F)(F)F)cc4)no3)cc2C)cn1. The first kappa shape index (κ1) is 20.6. The molecule has 0 spiro atoms. The predicted octanol–water partition coefficient (Wildman–Crippen LogP) is 5.21. The van der Waals surface area contributed by atoms with Gasteiger partial charge >= 0.3 is 6.18 Å². The Labute approximate surface area is 176 Å². The molecule has 31 heavy (non-hydrogen) atoms. The van der Waals surface area contributed by atoms with Crippen molar-refractivity contribution >= 4 is 0 Å². The topological polar surface area (TPSA) is 66.0 Å². The molecule has 160 valence electrons. The van der Waals surface area contributed by atoms with Gasteiger partial charge in [-0.05, 0) is 55.8 Å². The van der Waals surface area contributed by atoms with Crippen LogP contribution in [0.2, 0.25) is 0 Å². The lowest BCUT2D eigenvalue weighted by Crippen LogP contribution is -2.19. The Hall–Kier alpha value is -3.62. The first-order valence-electron chi connectivity index (χ1n) is 9.49. The second-order valence-corrected chi connectivity index (χ2v) is 7.16. The third kappa shape index (κ3) is 5.11. The van der Waals surface area contributed by atoms with Gasteiger partial charge in [-0.25, -0.2) is 0 Å². The molecule has 0 aliphatic carbocycles. The third-order valence-corrected chi connectivity index (χ3v) is 4.63. The van der Waals surface area contributed by atoms with E-state index in [1.54, 1.807) is 12.1 Å². The second kappa shape index (κ2) is 8.25. The molecule has 0 fully saturated rings. The summed E-state index contributed by atoms with van der Waals surface area (Å²) in [4.78, 5) is 8.73. The zero-order chi connectivity index (χ0) is 22.0. The minimum Gasteiger partial charge on any atom is -0.484 e. The summed E-state index contributed by atoms with van der Waals surface area (Å²) in [5, 5.41) is 3.98. The quantitative estimate of drug-likeness (QED) is 0.422. The Bertz CT molecular complexity index is 1160. The average molecular weight is 428 g/mol. The third-order valence-electron chi connectivity index (χ3n) is 4.63. The fourth-order valence-electron chi connectivity index (χ4n) is 3.01. The summed E-state index contributed by atoms with van der Waals surface area (Å²) < 4.78 is 48.9. The second-order valence-electron chi connectivity index (χ2n) is 7.16. The van der Waals surface area contributed by atoms with Crippen LogP contribution in [0.5, 0.6) is 5.75 Å². The molecule has 4 aromatic rings. The van der Waals surface area contributed by atoms with Crippen LogP contribution in [0.3, 0.4) is 0 Å². The Balaban J connectivity index is 1.48. The van der Waals surface area contributed by atoms with E-state index in [0.717, 1.165) is 22.5 Å². The molecule has 0 N–H and O–H groups in total. The van der Waals surface area contributed by atoms with Crippen LogP contribution in [0.15, 0.2) is 59.4 Å². The highest BCUT2D eigenvalue weighted by Crippen LogP contribution is 2.26. The molecule has 0 saturated carbocycles. The average Bonchev–Trinajstić information content (AvgIpc) is 3.35. The number of alkyl halides is 3. The number of ether oxygens (including phenoxy) is 1. The molecule has 0 saturated heterocycles. The monoisotopic (exact) mass is 428 g/mol. The van der Waals surface area contributed by atoms with Crippen LogP contribution < -0.4 is 4.74 Å². The Kier molecular flexibility index (Phi) is 5.50. The summed E-state index contributed by atoms with van der Waals surface area (Å²) >= 11 is 0. The number of aromatic nitrogens is 4. The number of rotatable bonds is 6. The van der Waals surface area contributed by atoms with Crippen molar-refractivity contribution in [2.45, 2.75) is 26.6 Å². The molecule has 3 heterocycles. The lowest BCUT2D eigenvalue weighted by Gasteiger charge is -2.08. The zero-order valence-corrected chi connectivity index (χ0v) is 16.8. The summed E-state index contributed by atoms with van der Waals surface area (Å²) in [7, 11) is 0. The molecule has 9 heteroatoms. The van der Waals surface area contributed by atoms with Crippen molar-refractivity contribution in [3.8, 4) is 28.6 Å². The van der Waals surface area contributed by atoms with Crippen LogP contribution in [-0.2, 0) is 6.54 Å². The number of nitrogens with zero attached hydrogens (tertiary/aromatic N) is 4. The standard InChI is InChI=1S/C22H19F3N4O2/c1-14-3-4-16(10-26-14)11-29-12-18(9-15(29)2)21-27-20(28-31-21)17-5-7-19(8-6-17)30-13-22(23,24)25/h3-10,12H,11,13H2,1-2H3. The summed E-state index contributed by atoms with van der Waals surface area (Å²) in [5.41, 5.74) is 4.46. The van der Waals surface area contributed by atoms with E-state index in [0.29, 0.717) is 23.8 Å². The molecular weight excluding hydrogens is 409 g/mol. The number of halogens is 3. The maximum absolute atomic E-state index is 12.3. The summed E-state index contributed by atoms with van der Waals surface area (Å²) in [6.45, 7) is 3.26. The highest BCUT2D eigenvalue weighted by Gasteiger charge is 2.28. The molecule has 6 nitrogen and oxygen atoms in total.